The molecule has 2 heterocycles. The predicted octanol–water partition coefficient (Wildman–Crippen LogP) is 4.94. The van der Waals surface area contributed by atoms with Crippen molar-refractivity contribution in [1.29, 1.82) is 0 Å². The van der Waals surface area contributed by atoms with Crippen LogP contribution in [-0.2, 0) is 4.79 Å². The Morgan fingerprint density at radius 2 is 2.00 bits per heavy atom. The molecule has 1 aromatic rings. The summed E-state index contributed by atoms with van der Waals surface area (Å²) in [5, 5.41) is 3.42. The summed E-state index contributed by atoms with van der Waals surface area (Å²) in [5.41, 5.74) is 2.90. The third-order valence-electron chi connectivity index (χ3n) is 6.45. The summed E-state index contributed by atoms with van der Waals surface area (Å²) in [5.74, 6) is 0.00253. The number of nitrogens with one attached hydrogen (secondary N) is 1. The molecular formula is C24H32N2O. The van der Waals surface area contributed by atoms with Crippen molar-refractivity contribution in [2.24, 2.45) is 0 Å². The fourth-order valence-corrected chi connectivity index (χ4v) is 5.28. The molecule has 0 spiro atoms. The Kier molecular flexibility index (Phi) is 6.01. The van der Waals surface area contributed by atoms with E-state index in [1.165, 1.54) is 18.4 Å². The molecule has 2 saturated heterocycles. The van der Waals surface area contributed by atoms with Gasteiger partial charge in [0.05, 0.1) is 6.04 Å². The molecule has 1 atom stereocenters. The maximum Gasteiger partial charge on any atom is 0.251 e. The molecule has 144 valence electrons. The van der Waals surface area contributed by atoms with E-state index in [4.69, 9.17) is 0 Å². The molecule has 3 nitrogen and oxygen atoms in total. The molecule has 1 aromatic carbocycles. The average Bonchev–Trinajstić information content (AvgIpc) is 3.22. The van der Waals surface area contributed by atoms with E-state index in [-0.39, 0.29) is 17.5 Å². The van der Waals surface area contributed by atoms with Gasteiger partial charge >= 0.3 is 0 Å². The van der Waals surface area contributed by atoms with Crippen molar-refractivity contribution in [3.05, 3.63) is 71.8 Å². The predicted molar refractivity (Wildman–Crippen MR) is 112 cm³/mol. The van der Waals surface area contributed by atoms with Crippen LogP contribution in [-0.4, -0.2) is 28.9 Å². The number of nitrogens with zero attached hydrogens (tertiary/aromatic N) is 1. The lowest BCUT2D eigenvalue weighted by Gasteiger charge is -2.42. The van der Waals surface area contributed by atoms with Gasteiger partial charge in [0.2, 0.25) is 0 Å². The van der Waals surface area contributed by atoms with Gasteiger partial charge < -0.3 is 5.32 Å². The molecule has 3 rings (SSSR count). The molecule has 2 aliphatic rings. The summed E-state index contributed by atoms with van der Waals surface area (Å²) < 4.78 is 0. The molecule has 27 heavy (non-hydrogen) atoms. The molecule has 2 fully saturated rings. The van der Waals surface area contributed by atoms with Gasteiger partial charge in [0.1, 0.15) is 0 Å². The van der Waals surface area contributed by atoms with Gasteiger partial charge in [-0.25, -0.2) is 0 Å². The molecule has 0 aliphatic carbocycles. The second-order valence-corrected chi connectivity index (χ2v) is 7.73. The third kappa shape index (κ3) is 3.53. The normalized spacial score (nSPS) is 26.9. The van der Waals surface area contributed by atoms with E-state index in [0.29, 0.717) is 6.04 Å². The fourth-order valence-electron chi connectivity index (χ4n) is 5.28. The highest BCUT2D eigenvalue weighted by molar-refractivity contribution is 5.98. The zero-order chi connectivity index (χ0) is 19.4. The van der Waals surface area contributed by atoms with Gasteiger partial charge in [-0.2, -0.15) is 0 Å². The zero-order valence-corrected chi connectivity index (χ0v) is 16.9. The number of fused-ring (bicyclic) bond motifs is 2. The highest BCUT2D eigenvalue weighted by atomic mass is 16.1. The van der Waals surface area contributed by atoms with Crippen molar-refractivity contribution >= 4 is 5.91 Å². The van der Waals surface area contributed by atoms with Crippen LogP contribution in [0.3, 0.4) is 0 Å². The van der Waals surface area contributed by atoms with Crippen LogP contribution in [0.25, 0.3) is 0 Å². The first-order valence-electron chi connectivity index (χ1n) is 10.2. The highest BCUT2D eigenvalue weighted by Gasteiger charge is 2.55. The minimum Gasteiger partial charge on any atom is -0.343 e. The van der Waals surface area contributed by atoms with Crippen LogP contribution in [0.5, 0.6) is 0 Å². The Balaban J connectivity index is 1.96. The van der Waals surface area contributed by atoms with Crippen LogP contribution in [0.1, 0.15) is 58.1 Å². The number of hydrogen-bond acceptors (Lipinski definition) is 2. The van der Waals surface area contributed by atoms with Crippen LogP contribution in [0.2, 0.25) is 0 Å². The van der Waals surface area contributed by atoms with Crippen LogP contribution in [0.15, 0.2) is 66.3 Å². The monoisotopic (exact) mass is 364 g/mol. The van der Waals surface area contributed by atoms with Crippen LogP contribution in [0.4, 0.5) is 0 Å². The number of carbonyl (C=O) groups excluding carboxylic acids is 1. The Morgan fingerprint density at radius 1 is 1.33 bits per heavy atom. The maximum atomic E-state index is 13.2. The van der Waals surface area contributed by atoms with Crippen molar-refractivity contribution < 1.29 is 4.79 Å². The molecule has 0 saturated carbocycles. The smallest absolute Gasteiger partial charge is 0.251 e. The summed E-state index contributed by atoms with van der Waals surface area (Å²) in [6, 6.07) is 11.2. The average molecular weight is 365 g/mol. The van der Waals surface area contributed by atoms with Crippen LogP contribution >= 0.6 is 0 Å². The van der Waals surface area contributed by atoms with Gasteiger partial charge in [-0.05, 0) is 57.2 Å². The lowest BCUT2D eigenvalue weighted by atomic mass is 9.78. The lowest BCUT2D eigenvalue weighted by molar-refractivity contribution is -0.119. The summed E-state index contributed by atoms with van der Waals surface area (Å²) in [4.78, 5) is 15.9. The Morgan fingerprint density at radius 3 is 2.56 bits per heavy atom. The molecule has 2 aliphatic heterocycles. The number of allylic oxidation sites excluding steroid dienone is 3. The second-order valence-electron chi connectivity index (χ2n) is 7.73. The second kappa shape index (κ2) is 8.26. The first kappa shape index (κ1) is 19.6. The SMILES string of the molecule is C=CC=C(C)C(=CC)C(=O)NC(c1ccccc1)C12CCC(CC1)N2CC. The van der Waals surface area contributed by atoms with Gasteiger partial charge in [-0.15, -0.1) is 0 Å². The number of benzene rings is 1. The number of rotatable bonds is 7. The molecule has 1 N–H and O–H groups in total. The number of carbonyl (C=O) groups is 1. The lowest BCUT2D eigenvalue weighted by Crippen LogP contribution is -2.52. The summed E-state index contributed by atoms with van der Waals surface area (Å²) >= 11 is 0. The molecule has 2 bridgehead atoms. The van der Waals surface area contributed by atoms with Crippen LogP contribution in [0, 0.1) is 0 Å². The molecule has 3 heteroatoms. The van der Waals surface area contributed by atoms with E-state index < -0.39 is 0 Å². The molecule has 1 amide bonds. The largest absolute Gasteiger partial charge is 0.343 e. The van der Waals surface area contributed by atoms with Crippen molar-refractivity contribution in [3.8, 4) is 0 Å². The van der Waals surface area contributed by atoms with Gasteiger partial charge in [0.15, 0.2) is 0 Å². The number of hydrogen-bond donors (Lipinski definition) is 1. The third-order valence-corrected chi connectivity index (χ3v) is 6.45. The number of likely N-dealkylation sites (N-methyl/N-ethyl adjacent to an activating group) is 1. The highest BCUT2D eigenvalue weighted by Crippen LogP contribution is 2.52. The fraction of sp³-hybridized carbons (Fsp3) is 0.458. The topological polar surface area (TPSA) is 32.3 Å². The van der Waals surface area contributed by atoms with Crippen molar-refractivity contribution in [2.45, 2.75) is 64.1 Å². The Labute approximate surface area is 163 Å². The molecule has 0 radical (unpaired) electrons. The first-order chi connectivity index (χ1) is 13.1. The quantitative estimate of drug-likeness (QED) is 0.549. The summed E-state index contributed by atoms with van der Waals surface area (Å²) in [6.45, 7) is 10.9. The van der Waals surface area contributed by atoms with E-state index in [9.17, 15) is 4.79 Å². The van der Waals surface area contributed by atoms with E-state index in [1.54, 1.807) is 6.08 Å². The van der Waals surface area contributed by atoms with E-state index >= 15 is 0 Å². The van der Waals surface area contributed by atoms with Crippen molar-refractivity contribution in [1.82, 2.24) is 10.2 Å². The zero-order valence-electron chi connectivity index (χ0n) is 16.9. The van der Waals surface area contributed by atoms with Crippen LogP contribution < -0.4 is 5.32 Å². The van der Waals surface area contributed by atoms with Gasteiger partial charge in [0.25, 0.3) is 5.91 Å². The minimum absolute atomic E-state index is 0.00253. The molecule has 0 aromatic heterocycles. The van der Waals surface area contributed by atoms with Gasteiger partial charge in [0, 0.05) is 17.2 Å². The van der Waals surface area contributed by atoms with E-state index in [0.717, 1.165) is 30.5 Å². The summed E-state index contributed by atoms with van der Waals surface area (Å²) in [7, 11) is 0. The Hall–Kier alpha value is -2.13. The first-order valence-corrected chi connectivity index (χ1v) is 10.2. The Bertz CT molecular complexity index is 739. The molecule has 1 unspecified atom stereocenters. The van der Waals surface area contributed by atoms with Crippen molar-refractivity contribution in [2.75, 3.05) is 6.54 Å². The van der Waals surface area contributed by atoms with E-state index in [1.807, 2.05) is 32.1 Å². The minimum atomic E-state index is 0.00253. The maximum absolute atomic E-state index is 13.2. The van der Waals surface area contributed by atoms with Gasteiger partial charge in [-0.3, -0.25) is 9.69 Å². The molecular weight excluding hydrogens is 332 g/mol. The van der Waals surface area contributed by atoms with Gasteiger partial charge in [-0.1, -0.05) is 62.1 Å². The summed E-state index contributed by atoms with van der Waals surface area (Å²) in [6.07, 6.45) is 10.3. The number of amides is 1. The van der Waals surface area contributed by atoms with E-state index in [2.05, 4.69) is 48.0 Å². The van der Waals surface area contributed by atoms with Crippen molar-refractivity contribution in [3.63, 3.8) is 0 Å². The standard InChI is InChI=1S/C24H32N2O/c1-5-11-18(4)21(6-2)23(27)25-22(19-12-9-8-10-13-19)24-16-14-20(15-17-24)26(24)7-3/h5-6,8-13,20,22H,1,7,14-17H2,2-4H3,(H,25,27).